The summed E-state index contributed by atoms with van der Waals surface area (Å²) >= 11 is 7.36. The zero-order valence-corrected chi connectivity index (χ0v) is 37.1. The van der Waals surface area contributed by atoms with Crippen LogP contribution in [0.25, 0.3) is 0 Å². The Balaban J connectivity index is 1.28. The molecule has 15 nitrogen and oxygen atoms in total. The molecule has 2 saturated heterocycles. The molecule has 0 saturated carbocycles. The molecule has 0 spiro atoms. The lowest BCUT2D eigenvalue weighted by Gasteiger charge is -2.44. The summed E-state index contributed by atoms with van der Waals surface area (Å²) in [6.07, 6.45) is -7.97. The van der Waals surface area contributed by atoms with Gasteiger partial charge in [0, 0.05) is 61.9 Å². The lowest BCUT2D eigenvalue weighted by atomic mass is 9.84. The largest absolute Gasteiger partial charge is 0.478 e. The van der Waals surface area contributed by atoms with Crippen LogP contribution in [-0.2, 0) is 58.9 Å². The van der Waals surface area contributed by atoms with Gasteiger partial charge in [0.05, 0.1) is 29.4 Å². The fourth-order valence-electron chi connectivity index (χ4n) is 7.66. The minimum Gasteiger partial charge on any atom is -0.478 e. The van der Waals surface area contributed by atoms with Gasteiger partial charge >= 0.3 is 29.8 Å². The van der Waals surface area contributed by atoms with Gasteiger partial charge in [0.2, 0.25) is 0 Å². The molecule has 3 N–H and O–H groups in total. The van der Waals surface area contributed by atoms with Crippen LogP contribution >= 0.6 is 24.0 Å². The molecule has 64 heavy (non-hydrogen) atoms. The molecule has 0 aromatic heterocycles. The van der Waals surface area contributed by atoms with Crippen LogP contribution in [0.5, 0.6) is 0 Å². The third-order valence-corrected chi connectivity index (χ3v) is 11.8. The van der Waals surface area contributed by atoms with Crippen LogP contribution in [0.15, 0.2) is 108 Å². The van der Waals surface area contributed by atoms with Crippen molar-refractivity contribution in [1.82, 2.24) is 0 Å². The molecule has 0 aliphatic carbocycles. The highest BCUT2D eigenvalue weighted by molar-refractivity contribution is 7.99. The lowest BCUT2D eigenvalue weighted by molar-refractivity contribution is -0.255. The Morgan fingerprint density at radius 3 is 1.91 bits per heavy atom. The highest BCUT2D eigenvalue weighted by Gasteiger charge is 2.52. The third kappa shape index (κ3) is 12.7. The molecule has 338 valence electrons. The minimum absolute atomic E-state index is 0.0769. The Morgan fingerprint density at radius 2 is 1.30 bits per heavy atom. The van der Waals surface area contributed by atoms with Crippen molar-refractivity contribution in [1.29, 1.82) is 0 Å². The molecule has 2 fully saturated rings. The molecule has 4 aromatic carbocycles. The monoisotopic (exact) mass is 915 g/mol. The summed E-state index contributed by atoms with van der Waals surface area (Å²) in [6, 6.07) is 31.5. The SMILES string of the molecule is CC(=O)OCC1OC(CC(=S)Nc2cccc(C3OC(CSc4ccc(C(=O)O)cc4)C(c4ccccc4)C(c4ccc(CO)cc4)O3)c2)C(OC(C)=O)C(OC(C)=O)C1OC(C)=O. The number of carbonyl (C=O) groups excluding carboxylic acids is 4. The van der Waals surface area contributed by atoms with Gasteiger partial charge in [0.15, 0.2) is 24.6 Å². The van der Waals surface area contributed by atoms with Crippen molar-refractivity contribution in [2.24, 2.45) is 0 Å². The van der Waals surface area contributed by atoms with Crippen molar-refractivity contribution in [3.8, 4) is 0 Å². The number of aliphatic hydroxyl groups is 1. The van der Waals surface area contributed by atoms with Crippen molar-refractivity contribution in [3.63, 3.8) is 0 Å². The van der Waals surface area contributed by atoms with Gasteiger partial charge in [-0.25, -0.2) is 4.79 Å². The summed E-state index contributed by atoms with van der Waals surface area (Å²) in [4.78, 5) is 61.3. The molecular weight excluding hydrogens is 867 g/mol. The summed E-state index contributed by atoms with van der Waals surface area (Å²) in [7, 11) is 0. The van der Waals surface area contributed by atoms with Crippen LogP contribution in [0.2, 0.25) is 0 Å². The summed E-state index contributed by atoms with van der Waals surface area (Å²) < 4.78 is 41.9. The first-order valence-corrected chi connectivity index (χ1v) is 21.8. The summed E-state index contributed by atoms with van der Waals surface area (Å²) in [5.41, 5.74) is 4.01. The predicted molar refractivity (Wildman–Crippen MR) is 236 cm³/mol. The van der Waals surface area contributed by atoms with E-state index >= 15 is 0 Å². The van der Waals surface area contributed by atoms with Gasteiger partial charge in [-0.3, -0.25) is 19.2 Å². The number of hydrogen-bond donors (Lipinski definition) is 3. The topological polar surface area (TPSA) is 202 Å². The molecule has 0 bridgehead atoms. The van der Waals surface area contributed by atoms with Gasteiger partial charge < -0.3 is 48.7 Å². The zero-order valence-electron chi connectivity index (χ0n) is 35.4. The number of nitrogens with one attached hydrogen (secondary N) is 1. The van der Waals surface area contributed by atoms with E-state index in [1.807, 2.05) is 72.8 Å². The van der Waals surface area contributed by atoms with Crippen molar-refractivity contribution in [2.75, 3.05) is 17.7 Å². The number of esters is 4. The number of aliphatic hydroxyl groups excluding tert-OH is 1. The zero-order chi connectivity index (χ0) is 45.9. The first kappa shape index (κ1) is 47.8. The average molecular weight is 916 g/mol. The Labute approximate surface area is 379 Å². The molecule has 6 rings (SSSR count). The number of ether oxygens (including phenoxy) is 7. The summed E-state index contributed by atoms with van der Waals surface area (Å²) in [6.45, 7) is 4.19. The number of hydrogen-bond acceptors (Lipinski definition) is 15. The molecule has 0 amide bonds. The van der Waals surface area contributed by atoms with Gasteiger partial charge in [-0.15, -0.1) is 11.8 Å². The Bertz CT molecular complexity index is 2280. The van der Waals surface area contributed by atoms with E-state index in [1.54, 1.807) is 30.3 Å². The number of thiocarbonyl (C=S) groups is 1. The number of carbonyl (C=O) groups is 5. The van der Waals surface area contributed by atoms with Crippen LogP contribution in [0.1, 0.15) is 85.0 Å². The van der Waals surface area contributed by atoms with E-state index in [2.05, 4.69) is 5.32 Å². The number of aromatic carboxylic acids is 1. The average Bonchev–Trinajstić information content (AvgIpc) is 3.26. The number of benzene rings is 4. The van der Waals surface area contributed by atoms with E-state index in [1.165, 1.54) is 25.6 Å². The highest BCUT2D eigenvalue weighted by atomic mass is 32.2. The third-order valence-electron chi connectivity index (χ3n) is 10.4. The Kier molecular flexibility index (Phi) is 16.6. The maximum atomic E-state index is 12.4. The van der Waals surface area contributed by atoms with Crippen LogP contribution in [0, 0.1) is 0 Å². The number of rotatable bonds is 16. The molecule has 4 aromatic rings. The van der Waals surface area contributed by atoms with Crippen molar-refractivity contribution < 1.29 is 67.3 Å². The quantitative estimate of drug-likeness (QED) is 0.0455. The fourth-order valence-corrected chi connectivity index (χ4v) is 8.92. The van der Waals surface area contributed by atoms with Crippen molar-refractivity contribution >= 4 is 64.5 Å². The van der Waals surface area contributed by atoms with E-state index < -0.39 is 78.9 Å². The van der Waals surface area contributed by atoms with Gasteiger partial charge in [0.25, 0.3) is 0 Å². The number of anilines is 1. The second-order valence-electron chi connectivity index (χ2n) is 15.2. The van der Waals surface area contributed by atoms with Crippen LogP contribution in [0.3, 0.4) is 0 Å². The van der Waals surface area contributed by atoms with Gasteiger partial charge in [-0.2, -0.15) is 0 Å². The number of carboxylic acid groups (broad SMARTS) is 1. The van der Waals surface area contributed by atoms with Crippen LogP contribution < -0.4 is 5.32 Å². The molecule has 2 heterocycles. The number of thioether (sulfide) groups is 1. The van der Waals surface area contributed by atoms with Gasteiger partial charge in [-0.1, -0.05) is 78.9 Å². The Hall–Kier alpha value is -5.69. The standard InChI is InChI=1S/C47H49NO14S2/c1-26(50)56-24-38-44(58-28(3)52)45(59-29(4)53)43(57-27(2)51)37(60-38)22-40(63)48-35-12-8-11-34(21-35)47-61-39(25-64-36-19-17-33(18-20-36)46(54)55)41(31-9-6-5-7-10-31)42(62-47)32-15-13-30(23-49)14-16-32/h5-21,37-39,41-45,47,49H,22-25H2,1-4H3,(H,48,63)(H,54,55). The van der Waals surface area contributed by atoms with Crippen LogP contribution in [-0.4, -0.2) is 94.0 Å². The second kappa shape index (κ2) is 22.3. The molecule has 0 radical (unpaired) electrons. The first-order chi connectivity index (χ1) is 30.7. The van der Waals surface area contributed by atoms with Gasteiger partial charge in [-0.05, 0) is 53.1 Å². The molecular formula is C47H49NO14S2. The van der Waals surface area contributed by atoms with Crippen molar-refractivity contribution in [3.05, 3.63) is 131 Å². The summed E-state index contributed by atoms with van der Waals surface area (Å²) in [5.74, 6) is -3.64. The highest BCUT2D eigenvalue weighted by Crippen LogP contribution is 2.48. The molecule has 9 atom stereocenters. The minimum atomic E-state index is -1.33. The fraction of sp³-hybridized carbons (Fsp3) is 0.362. The van der Waals surface area contributed by atoms with Gasteiger partial charge in [0.1, 0.15) is 18.8 Å². The van der Waals surface area contributed by atoms with E-state index in [-0.39, 0.29) is 36.1 Å². The number of carboxylic acids is 1. The van der Waals surface area contributed by atoms with E-state index in [0.29, 0.717) is 17.0 Å². The normalized spacial score (nSPS) is 24.1. The summed E-state index contributed by atoms with van der Waals surface area (Å²) in [5, 5.41) is 22.5. The second-order valence-corrected chi connectivity index (χ2v) is 16.7. The Morgan fingerprint density at radius 1 is 0.672 bits per heavy atom. The molecule has 9 unspecified atom stereocenters. The maximum Gasteiger partial charge on any atom is 0.335 e. The van der Waals surface area contributed by atoms with Crippen LogP contribution in [0.4, 0.5) is 5.69 Å². The van der Waals surface area contributed by atoms with E-state index in [0.717, 1.165) is 35.4 Å². The van der Waals surface area contributed by atoms with E-state index in [9.17, 15) is 34.2 Å². The molecule has 17 heteroatoms. The lowest BCUT2D eigenvalue weighted by Crippen LogP contribution is -2.62. The smallest absolute Gasteiger partial charge is 0.335 e. The predicted octanol–water partition coefficient (Wildman–Crippen LogP) is 6.86. The van der Waals surface area contributed by atoms with E-state index in [4.69, 9.17) is 45.4 Å². The first-order valence-electron chi connectivity index (χ1n) is 20.4. The van der Waals surface area contributed by atoms with Crippen molar-refractivity contribution in [2.45, 2.75) is 101 Å². The molecule has 2 aliphatic heterocycles. The maximum absolute atomic E-state index is 12.4. The molecule has 2 aliphatic rings.